The summed E-state index contributed by atoms with van der Waals surface area (Å²) >= 11 is 0. The van der Waals surface area contributed by atoms with Gasteiger partial charge in [0.15, 0.2) is 0 Å². The van der Waals surface area contributed by atoms with Gasteiger partial charge in [-0.25, -0.2) is 0 Å². The molecule has 0 fully saturated rings. The van der Waals surface area contributed by atoms with Crippen molar-refractivity contribution in [3.05, 3.63) is 0 Å². The summed E-state index contributed by atoms with van der Waals surface area (Å²) in [5.41, 5.74) is 0. The van der Waals surface area contributed by atoms with Crippen molar-refractivity contribution in [3.8, 4) is 0 Å². The van der Waals surface area contributed by atoms with Crippen LogP contribution in [0.1, 0.15) is 60.3 Å². The van der Waals surface area contributed by atoms with E-state index in [9.17, 15) is 0 Å². The molecule has 0 amide bonds. The molecule has 0 rings (SSSR count). The monoisotopic (exact) mass is 266 g/mol. The highest BCUT2D eigenvalue weighted by Crippen LogP contribution is 2.69. The van der Waals surface area contributed by atoms with Gasteiger partial charge in [0.2, 0.25) is 0 Å². The highest BCUT2D eigenvalue weighted by molar-refractivity contribution is 7.73. The van der Waals surface area contributed by atoms with Gasteiger partial charge in [-0.3, -0.25) is 0 Å². The molecule has 0 spiro atoms. The smallest absolute Gasteiger partial charge is 0.00520 e. The highest BCUT2D eigenvalue weighted by atomic mass is 31.2. The first-order chi connectivity index (χ1) is 6.94. The Kier molecular flexibility index (Phi) is 7.48. The van der Waals surface area contributed by atoms with Crippen LogP contribution in [0.2, 0.25) is 0 Å². The van der Waals surface area contributed by atoms with Crippen molar-refractivity contribution in [1.29, 1.82) is 0 Å². The molecule has 2 atom stereocenters. The van der Waals surface area contributed by atoms with Gasteiger partial charge in [-0.15, -0.1) is 18.5 Å². The molecule has 0 aliphatic carbocycles. The van der Waals surface area contributed by atoms with E-state index in [0.29, 0.717) is 9.79 Å². The summed E-state index contributed by atoms with van der Waals surface area (Å²) < 4.78 is 0. The number of rotatable bonds is 7. The molecule has 3 heteroatoms. The second kappa shape index (κ2) is 6.89. The Morgan fingerprint density at radius 3 is 1.13 bits per heavy atom. The lowest BCUT2D eigenvalue weighted by molar-refractivity contribution is 0.667. The second-order valence-corrected chi connectivity index (χ2v) is 10.8. The summed E-state index contributed by atoms with van der Waals surface area (Å²) in [6.07, 6.45) is 6.53. The molecule has 0 radical (unpaired) electrons. The first kappa shape index (κ1) is 16.3. The van der Waals surface area contributed by atoms with E-state index in [2.05, 4.69) is 53.1 Å². The van der Waals surface area contributed by atoms with Crippen LogP contribution in [0, 0.1) is 0 Å². The second-order valence-electron chi connectivity index (χ2n) is 4.37. The maximum absolute atomic E-state index is 3.19. The zero-order valence-electron chi connectivity index (χ0n) is 11.1. The molecular weight excluding hydrogens is 237 g/mol. The average Bonchev–Trinajstić information content (AvgIpc) is 2.29. The van der Waals surface area contributed by atoms with Gasteiger partial charge >= 0.3 is 0 Å². The summed E-state index contributed by atoms with van der Waals surface area (Å²) in [7, 11) is 6.45. The fourth-order valence-corrected chi connectivity index (χ4v) is 9.10. The van der Waals surface area contributed by atoms with Crippen LogP contribution in [0.15, 0.2) is 0 Å². The van der Waals surface area contributed by atoms with Gasteiger partial charge in [0.05, 0.1) is 0 Å². The first-order valence-electron chi connectivity index (χ1n) is 6.29. The average molecular weight is 266 g/mol. The van der Waals surface area contributed by atoms with E-state index in [1.165, 1.54) is 31.8 Å². The molecule has 0 saturated carbocycles. The molecule has 0 aliphatic heterocycles. The molecule has 0 aromatic rings. The Hall–Kier alpha value is 1.29. The van der Waals surface area contributed by atoms with E-state index in [-0.39, 0.29) is 7.92 Å². The third kappa shape index (κ3) is 3.63. The van der Waals surface area contributed by atoms with Gasteiger partial charge in [0.25, 0.3) is 0 Å². The fourth-order valence-electron chi connectivity index (χ4n) is 2.34. The summed E-state index contributed by atoms with van der Waals surface area (Å²) in [5.74, 6) is 0. The number of hydrogen-bond donors (Lipinski definition) is 0. The van der Waals surface area contributed by atoms with Gasteiger partial charge in [0, 0.05) is 9.79 Å². The van der Waals surface area contributed by atoms with E-state index in [1.807, 2.05) is 0 Å². The van der Waals surface area contributed by atoms with Crippen LogP contribution in [0.4, 0.5) is 0 Å². The topological polar surface area (TPSA) is 0 Å². The summed E-state index contributed by atoms with van der Waals surface area (Å²) in [6, 6.07) is 0. The summed E-state index contributed by atoms with van der Waals surface area (Å²) in [5, 5.41) is 0. The molecule has 0 saturated heterocycles. The van der Waals surface area contributed by atoms with Gasteiger partial charge in [0.1, 0.15) is 0 Å². The van der Waals surface area contributed by atoms with E-state index in [4.69, 9.17) is 0 Å². The van der Waals surface area contributed by atoms with Gasteiger partial charge in [-0.05, 0) is 31.8 Å². The summed E-state index contributed by atoms with van der Waals surface area (Å²) in [6.45, 7) is 11.8. The maximum atomic E-state index is 3.19. The minimum absolute atomic E-state index is 0.0761. The van der Waals surface area contributed by atoms with Crippen molar-refractivity contribution in [1.82, 2.24) is 0 Å². The zero-order chi connectivity index (χ0) is 12.1. The molecule has 92 valence electrons. The Morgan fingerprint density at radius 2 is 1.00 bits per heavy atom. The lowest BCUT2D eigenvalue weighted by Crippen LogP contribution is -2.29. The van der Waals surface area contributed by atoms with Gasteiger partial charge < -0.3 is 0 Å². The van der Waals surface area contributed by atoms with Crippen LogP contribution in [0.5, 0.6) is 0 Å². The Labute approximate surface area is 103 Å². The third-order valence-electron chi connectivity index (χ3n) is 3.84. The van der Waals surface area contributed by atoms with Crippen molar-refractivity contribution < 1.29 is 0 Å². The molecule has 0 bridgehead atoms. The Balaban J connectivity index is 5.02. The maximum Gasteiger partial charge on any atom is 0.00520 e. The predicted molar refractivity (Wildman–Crippen MR) is 83.5 cm³/mol. The van der Waals surface area contributed by atoms with Crippen LogP contribution < -0.4 is 0 Å². The van der Waals surface area contributed by atoms with E-state index < -0.39 is 0 Å². The predicted octanol–water partition coefficient (Wildman–Crippen LogP) is 5.27. The quantitative estimate of drug-likeness (QED) is 0.550. The first-order valence-corrected chi connectivity index (χ1v) is 8.97. The molecule has 0 nitrogen and oxygen atoms in total. The van der Waals surface area contributed by atoms with Crippen molar-refractivity contribution in [2.24, 2.45) is 0 Å². The summed E-state index contributed by atoms with van der Waals surface area (Å²) in [4.78, 5) is 0.996. The molecule has 0 aliphatic rings. The molecular formula is C12H29P3. The van der Waals surface area contributed by atoms with Crippen LogP contribution in [-0.4, -0.2) is 16.0 Å². The van der Waals surface area contributed by atoms with Crippen LogP contribution in [-0.2, 0) is 0 Å². The van der Waals surface area contributed by atoms with Crippen LogP contribution in [0.3, 0.4) is 0 Å². The standard InChI is InChI=1S/C12H29P3/c1-6-11(13,7-2)15(10-5)12(14,8-3)9-4/h6-10,13-14H2,1-5H3. The minimum Gasteiger partial charge on any atom is -0.126 e. The normalized spacial score (nSPS) is 13.6. The number of hydrogen-bond acceptors (Lipinski definition) is 0. The Bertz CT molecular complexity index is 154. The lowest BCUT2D eigenvalue weighted by Gasteiger charge is -2.47. The van der Waals surface area contributed by atoms with Gasteiger partial charge in [-0.1, -0.05) is 42.5 Å². The van der Waals surface area contributed by atoms with Gasteiger partial charge in [-0.2, -0.15) is 0 Å². The van der Waals surface area contributed by atoms with Crippen molar-refractivity contribution >= 4 is 26.4 Å². The molecule has 15 heavy (non-hydrogen) atoms. The molecule has 2 unspecified atom stereocenters. The van der Waals surface area contributed by atoms with Crippen LogP contribution >= 0.6 is 26.4 Å². The van der Waals surface area contributed by atoms with Crippen molar-refractivity contribution in [2.45, 2.75) is 70.1 Å². The molecule has 0 aromatic heterocycles. The van der Waals surface area contributed by atoms with Crippen molar-refractivity contribution in [2.75, 3.05) is 6.16 Å². The molecule has 0 aromatic carbocycles. The van der Waals surface area contributed by atoms with E-state index in [0.717, 1.165) is 0 Å². The van der Waals surface area contributed by atoms with Crippen LogP contribution in [0.25, 0.3) is 0 Å². The SMILES string of the molecule is CCP(C(P)(CC)CC)C(P)(CC)CC. The zero-order valence-corrected chi connectivity index (χ0v) is 14.3. The molecule has 0 heterocycles. The fraction of sp³-hybridized carbons (Fsp3) is 1.00. The minimum atomic E-state index is 0.0761. The lowest BCUT2D eigenvalue weighted by atomic mass is 10.2. The van der Waals surface area contributed by atoms with Crippen molar-refractivity contribution in [3.63, 3.8) is 0 Å². The third-order valence-corrected chi connectivity index (χ3v) is 11.4. The Morgan fingerprint density at radius 1 is 0.733 bits per heavy atom. The van der Waals surface area contributed by atoms with E-state index >= 15 is 0 Å². The largest absolute Gasteiger partial charge is 0.126 e. The van der Waals surface area contributed by atoms with E-state index in [1.54, 1.807) is 0 Å². The highest BCUT2D eigenvalue weighted by Gasteiger charge is 2.40. The molecule has 0 N–H and O–H groups in total.